The minimum absolute atomic E-state index is 0.0557. The van der Waals surface area contributed by atoms with Gasteiger partial charge in [0.2, 0.25) is 0 Å². The second-order valence-corrected chi connectivity index (χ2v) is 4.92. The van der Waals surface area contributed by atoms with E-state index in [1.807, 2.05) is 25.1 Å². The Morgan fingerprint density at radius 1 is 1.30 bits per heavy atom. The van der Waals surface area contributed by atoms with Crippen LogP contribution in [0, 0.1) is 0 Å². The van der Waals surface area contributed by atoms with Gasteiger partial charge in [-0.2, -0.15) is 0 Å². The van der Waals surface area contributed by atoms with Gasteiger partial charge in [-0.25, -0.2) is 0 Å². The van der Waals surface area contributed by atoms with Crippen molar-refractivity contribution in [3.63, 3.8) is 0 Å². The fourth-order valence-electron chi connectivity index (χ4n) is 1.71. The molecule has 0 aromatic heterocycles. The molecule has 0 aliphatic rings. The van der Waals surface area contributed by atoms with E-state index in [0.717, 1.165) is 6.42 Å². The van der Waals surface area contributed by atoms with Gasteiger partial charge in [0.05, 0.1) is 18.0 Å². The van der Waals surface area contributed by atoms with Crippen molar-refractivity contribution in [2.24, 2.45) is 0 Å². The molecular weight excluding hydrogens is 320 g/mol. The standard InChI is InChI=1S/C16H23BrO3/c1-3-15(20-16(12-17)19-4-2)10-11-18-13-14-8-6-5-7-9-14/h3,5-9,15-16H,1,4,10-13H2,2H3/t15-,16?/m0/s1. The van der Waals surface area contributed by atoms with Crippen LogP contribution in [0.3, 0.4) is 0 Å². The van der Waals surface area contributed by atoms with Crippen LogP contribution in [0.2, 0.25) is 0 Å². The van der Waals surface area contributed by atoms with E-state index in [0.29, 0.717) is 25.2 Å². The van der Waals surface area contributed by atoms with Crippen molar-refractivity contribution in [2.75, 3.05) is 18.5 Å². The van der Waals surface area contributed by atoms with Crippen molar-refractivity contribution in [1.29, 1.82) is 0 Å². The molecule has 1 rings (SSSR count). The van der Waals surface area contributed by atoms with Crippen molar-refractivity contribution in [3.05, 3.63) is 48.6 Å². The summed E-state index contributed by atoms with van der Waals surface area (Å²) in [5, 5.41) is 0.649. The van der Waals surface area contributed by atoms with Gasteiger partial charge in [0, 0.05) is 19.6 Å². The lowest BCUT2D eigenvalue weighted by molar-refractivity contribution is -0.145. The molecule has 0 aliphatic carbocycles. The fraction of sp³-hybridized carbons (Fsp3) is 0.500. The molecule has 20 heavy (non-hydrogen) atoms. The summed E-state index contributed by atoms with van der Waals surface area (Å²) < 4.78 is 16.9. The molecule has 3 nitrogen and oxygen atoms in total. The van der Waals surface area contributed by atoms with Gasteiger partial charge in [-0.1, -0.05) is 52.3 Å². The lowest BCUT2D eigenvalue weighted by Gasteiger charge is -2.21. The van der Waals surface area contributed by atoms with Gasteiger partial charge in [0.1, 0.15) is 0 Å². The highest BCUT2D eigenvalue weighted by molar-refractivity contribution is 9.09. The third-order valence-electron chi connectivity index (χ3n) is 2.73. The monoisotopic (exact) mass is 342 g/mol. The number of hydrogen-bond donors (Lipinski definition) is 0. The minimum Gasteiger partial charge on any atom is -0.377 e. The van der Waals surface area contributed by atoms with Gasteiger partial charge in [-0.3, -0.25) is 0 Å². The molecule has 0 fully saturated rings. The third-order valence-corrected chi connectivity index (χ3v) is 3.25. The second kappa shape index (κ2) is 11.0. The van der Waals surface area contributed by atoms with E-state index < -0.39 is 0 Å². The van der Waals surface area contributed by atoms with Gasteiger partial charge < -0.3 is 14.2 Å². The van der Waals surface area contributed by atoms with Gasteiger partial charge in [-0.15, -0.1) is 6.58 Å². The van der Waals surface area contributed by atoms with Crippen LogP contribution in [-0.2, 0) is 20.8 Å². The van der Waals surface area contributed by atoms with Gasteiger partial charge in [0.15, 0.2) is 6.29 Å². The zero-order valence-electron chi connectivity index (χ0n) is 12.0. The van der Waals surface area contributed by atoms with Gasteiger partial charge in [0.25, 0.3) is 0 Å². The topological polar surface area (TPSA) is 27.7 Å². The maximum absolute atomic E-state index is 5.77. The Bertz CT molecular complexity index is 356. The molecule has 0 saturated carbocycles. The first kappa shape index (κ1) is 17.4. The Morgan fingerprint density at radius 2 is 2.05 bits per heavy atom. The van der Waals surface area contributed by atoms with Crippen LogP contribution in [0.4, 0.5) is 0 Å². The highest BCUT2D eigenvalue weighted by Crippen LogP contribution is 2.09. The van der Waals surface area contributed by atoms with Crippen LogP contribution in [-0.4, -0.2) is 30.9 Å². The zero-order valence-corrected chi connectivity index (χ0v) is 13.6. The number of ether oxygens (including phenoxy) is 3. The molecule has 4 heteroatoms. The first-order chi connectivity index (χ1) is 9.80. The van der Waals surface area contributed by atoms with Crippen LogP contribution >= 0.6 is 15.9 Å². The number of hydrogen-bond acceptors (Lipinski definition) is 3. The molecule has 0 spiro atoms. The second-order valence-electron chi connectivity index (χ2n) is 4.28. The Balaban J connectivity index is 2.22. The molecule has 0 heterocycles. The SMILES string of the molecule is C=C[C@@H](CCOCc1ccccc1)OC(CBr)OCC. The summed E-state index contributed by atoms with van der Waals surface area (Å²) in [6, 6.07) is 10.1. The van der Waals surface area contributed by atoms with Crippen LogP contribution in [0.25, 0.3) is 0 Å². The average molecular weight is 343 g/mol. The first-order valence-corrected chi connectivity index (χ1v) is 7.99. The summed E-state index contributed by atoms with van der Waals surface area (Å²) in [7, 11) is 0. The van der Waals surface area contributed by atoms with E-state index in [1.54, 1.807) is 6.08 Å². The Hall–Kier alpha value is -0.680. The summed E-state index contributed by atoms with van der Waals surface area (Å²) in [5.74, 6) is 0. The lowest BCUT2D eigenvalue weighted by Crippen LogP contribution is -2.25. The molecule has 0 radical (unpaired) electrons. The van der Waals surface area contributed by atoms with E-state index in [9.17, 15) is 0 Å². The van der Waals surface area contributed by atoms with Crippen LogP contribution in [0.1, 0.15) is 18.9 Å². The summed E-state index contributed by atoms with van der Waals surface area (Å²) in [4.78, 5) is 0. The third kappa shape index (κ3) is 7.20. The molecule has 0 saturated heterocycles. The summed E-state index contributed by atoms with van der Waals surface area (Å²) >= 11 is 3.37. The maximum atomic E-state index is 5.77. The lowest BCUT2D eigenvalue weighted by atomic mass is 10.2. The summed E-state index contributed by atoms with van der Waals surface area (Å²) in [6.45, 7) is 7.63. The Kier molecular flexibility index (Phi) is 9.58. The number of halogens is 1. The summed E-state index contributed by atoms with van der Waals surface area (Å²) in [6.07, 6.45) is 2.27. The van der Waals surface area contributed by atoms with Crippen LogP contribution in [0.15, 0.2) is 43.0 Å². The minimum atomic E-state index is -0.239. The van der Waals surface area contributed by atoms with Crippen molar-refractivity contribution in [3.8, 4) is 0 Å². The average Bonchev–Trinajstić information content (AvgIpc) is 2.50. The fourth-order valence-corrected chi connectivity index (χ4v) is 2.05. The smallest absolute Gasteiger partial charge is 0.167 e. The molecule has 0 N–H and O–H groups in total. The normalized spacial score (nSPS) is 13.9. The first-order valence-electron chi connectivity index (χ1n) is 6.87. The van der Waals surface area contributed by atoms with E-state index >= 15 is 0 Å². The highest BCUT2D eigenvalue weighted by atomic mass is 79.9. The van der Waals surface area contributed by atoms with Gasteiger partial charge >= 0.3 is 0 Å². The van der Waals surface area contributed by atoms with Crippen molar-refractivity contribution < 1.29 is 14.2 Å². The van der Waals surface area contributed by atoms with Gasteiger partial charge in [-0.05, 0) is 12.5 Å². The van der Waals surface area contributed by atoms with E-state index in [4.69, 9.17) is 14.2 Å². The maximum Gasteiger partial charge on any atom is 0.167 e. The zero-order chi connectivity index (χ0) is 14.6. The molecule has 1 unspecified atom stereocenters. The Morgan fingerprint density at radius 3 is 2.65 bits per heavy atom. The van der Waals surface area contributed by atoms with Crippen molar-refractivity contribution in [2.45, 2.75) is 32.3 Å². The molecule has 112 valence electrons. The van der Waals surface area contributed by atoms with E-state index in [2.05, 4.69) is 34.6 Å². The Labute approximate surface area is 130 Å². The molecule has 1 aromatic rings. The largest absolute Gasteiger partial charge is 0.377 e. The van der Waals surface area contributed by atoms with E-state index in [1.165, 1.54) is 5.56 Å². The molecule has 1 aromatic carbocycles. The molecule has 2 atom stereocenters. The molecule has 0 bridgehead atoms. The molecule has 0 aliphatic heterocycles. The highest BCUT2D eigenvalue weighted by Gasteiger charge is 2.13. The number of rotatable bonds is 11. The van der Waals surface area contributed by atoms with Crippen molar-refractivity contribution >= 4 is 15.9 Å². The summed E-state index contributed by atoms with van der Waals surface area (Å²) in [5.41, 5.74) is 1.18. The number of alkyl halides is 1. The molecular formula is C16H23BrO3. The quantitative estimate of drug-likeness (QED) is 0.264. The predicted molar refractivity (Wildman–Crippen MR) is 85.0 cm³/mol. The van der Waals surface area contributed by atoms with E-state index in [-0.39, 0.29) is 12.4 Å². The number of benzene rings is 1. The van der Waals surface area contributed by atoms with Crippen LogP contribution < -0.4 is 0 Å². The van der Waals surface area contributed by atoms with Crippen LogP contribution in [0.5, 0.6) is 0 Å². The molecule has 0 amide bonds. The predicted octanol–water partition coefficient (Wildman–Crippen LogP) is 3.92. The van der Waals surface area contributed by atoms with Crippen molar-refractivity contribution in [1.82, 2.24) is 0 Å².